The molecule has 4 heteroatoms. The predicted molar refractivity (Wildman–Crippen MR) is 70.0 cm³/mol. The highest BCUT2D eigenvalue weighted by molar-refractivity contribution is 5.85. The van der Waals surface area contributed by atoms with Gasteiger partial charge in [0.1, 0.15) is 11.5 Å². The van der Waals surface area contributed by atoms with Crippen LogP contribution in [0.1, 0.15) is 25.3 Å². The van der Waals surface area contributed by atoms with Crippen LogP contribution in [0.2, 0.25) is 0 Å². The molecule has 1 aromatic rings. The van der Waals surface area contributed by atoms with Crippen molar-refractivity contribution in [1.29, 1.82) is 0 Å². The van der Waals surface area contributed by atoms with Crippen molar-refractivity contribution in [3.05, 3.63) is 29.8 Å². The van der Waals surface area contributed by atoms with E-state index in [0.29, 0.717) is 19.6 Å². The lowest BCUT2D eigenvalue weighted by molar-refractivity contribution is -0.144. The van der Waals surface area contributed by atoms with Crippen LogP contribution in [-0.2, 0) is 20.7 Å². The molecule has 4 nitrogen and oxygen atoms in total. The van der Waals surface area contributed by atoms with Gasteiger partial charge in [0, 0.05) is 6.42 Å². The number of rotatable bonds is 5. The van der Waals surface area contributed by atoms with Crippen LogP contribution >= 0.6 is 0 Å². The zero-order valence-electron chi connectivity index (χ0n) is 11.1. The van der Waals surface area contributed by atoms with Crippen LogP contribution < -0.4 is 4.74 Å². The summed E-state index contributed by atoms with van der Waals surface area (Å²) in [4.78, 5) is 23.3. The molecule has 0 bridgehead atoms. The lowest BCUT2D eigenvalue weighted by atomic mass is 9.91. The van der Waals surface area contributed by atoms with E-state index in [1.165, 1.54) is 0 Å². The average molecular weight is 262 g/mol. The average Bonchev–Trinajstić information content (AvgIpc) is 2.44. The SMILES string of the molecule is CCOC(=O)CCC(=O)C1COc2ccccc2C1. The molecule has 2 rings (SSSR count). The third kappa shape index (κ3) is 3.56. The van der Waals surface area contributed by atoms with E-state index < -0.39 is 0 Å². The smallest absolute Gasteiger partial charge is 0.306 e. The van der Waals surface area contributed by atoms with Gasteiger partial charge < -0.3 is 9.47 Å². The van der Waals surface area contributed by atoms with Crippen molar-refractivity contribution < 1.29 is 19.1 Å². The lowest BCUT2D eigenvalue weighted by Crippen LogP contribution is -2.28. The van der Waals surface area contributed by atoms with Gasteiger partial charge in [-0.25, -0.2) is 0 Å². The number of carbonyl (C=O) groups excluding carboxylic acids is 2. The molecule has 0 radical (unpaired) electrons. The van der Waals surface area contributed by atoms with E-state index in [2.05, 4.69) is 0 Å². The summed E-state index contributed by atoms with van der Waals surface area (Å²) in [7, 11) is 0. The first-order chi connectivity index (χ1) is 9.20. The minimum atomic E-state index is -0.312. The summed E-state index contributed by atoms with van der Waals surface area (Å²) in [5.41, 5.74) is 1.06. The predicted octanol–water partition coefficient (Wildman–Crippen LogP) is 2.15. The topological polar surface area (TPSA) is 52.6 Å². The van der Waals surface area contributed by atoms with E-state index in [-0.39, 0.29) is 30.5 Å². The summed E-state index contributed by atoms with van der Waals surface area (Å²) >= 11 is 0. The summed E-state index contributed by atoms with van der Waals surface area (Å²) in [6, 6.07) is 7.74. The second-order valence-corrected chi connectivity index (χ2v) is 4.59. The largest absolute Gasteiger partial charge is 0.493 e. The van der Waals surface area contributed by atoms with Crippen molar-refractivity contribution in [1.82, 2.24) is 0 Å². The van der Waals surface area contributed by atoms with Crippen LogP contribution in [0.3, 0.4) is 0 Å². The van der Waals surface area contributed by atoms with Crippen molar-refractivity contribution in [2.75, 3.05) is 13.2 Å². The molecule has 1 heterocycles. The Morgan fingerprint density at radius 3 is 2.89 bits per heavy atom. The van der Waals surface area contributed by atoms with Crippen molar-refractivity contribution in [3.8, 4) is 5.75 Å². The Kier molecular flexibility index (Phi) is 4.55. The van der Waals surface area contributed by atoms with Gasteiger partial charge in [-0.05, 0) is 25.0 Å². The number of hydrogen-bond acceptors (Lipinski definition) is 4. The highest BCUT2D eigenvalue weighted by atomic mass is 16.5. The standard InChI is InChI=1S/C15H18O4/c1-2-18-15(17)8-7-13(16)12-9-11-5-3-4-6-14(11)19-10-12/h3-6,12H,2,7-10H2,1H3. The molecular formula is C15H18O4. The Bertz CT molecular complexity index is 467. The van der Waals surface area contributed by atoms with Gasteiger partial charge in [-0.2, -0.15) is 0 Å². The maximum atomic E-state index is 12.0. The van der Waals surface area contributed by atoms with Crippen LogP contribution in [0.4, 0.5) is 0 Å². The van der Waals surface area contributed by atoms with Crippen LogP contribution in [0.5, 0.6) is 5.75 Å². The first-order valence-electron chi connectivity index (χ1n) is 6.59. The van der Waals surface area contributed by atoms with E-state index in [1.54, 1.807) is 6.92 Å². The molecule has 1 aromatic carbocycles. The molecule has 102 valence electrons. The second-order valence-electron chi connectivity index (χ2n) is 4.59. The third-order valence-electron chi connectivity index (χ3n) is 3.22. The molecule has 0 saturated carbocycles. The van der Waals surface area contributed by atoms with E-state index >= 15 is 0 Å². The van der Waals surface area contributed by atoms with Crippen molar-refractivity contribution >= 4 is 11.8 Å². The number of benzene rings is 1. The molecule has 0 aliphatic carbocycles. The fraction of sp³-hybridized carbons (Fsp3) is 0.467. The molecule has 19 heavy (non-hydrogen) atoms. The van der Waals surface area contributed by atoms with Gasteiger partial charge in [0.05, 0.1) is 25.6 Å². The zero-order valence-corrected chi connectivity index (χ0v) is 11.1. The number of hydrogen-bond donors (Lipinski definition) is 0. The minimum Gasteiger partial charge on any atom is -0.493 e. The number of carbonyl (C=O) groups is 2. The van der Waals surface area contributed by atoms with Gasteiger partial charge in [-0.15, -0.1) is 0 Å². The maximum absolute atomic E-state index is 12.0. The molecule has 0 aromatic heterocycles. The number of esters is 1. The minimum absolute atomic E-state index is 0.0718. The van der Waals surface area contributed by atoms with E-state index in [9.17, 15) is 9.59 Å². The summed E-state index contributed by atoms with van der Waals surface area (Å²) < 4.78 is 10.4. The normalized spacial score (nSPS) is 17.2. The molecular weight excluding hydrogens is 244 g/mol. The van der Waals surface area contributed by atoms with E-state index in [1.807, 2.05) is 24.3 Å². The lowest BCUT2D eigenvalue weighted by Gasteiger charge is -2.24. The fourth-order valence-electron chi connectivity index (χ4n) is 2.20. The summed E-state index contributed by atoms with van der Waals surface area (Å²) in [5.74, 6) is 0.469. The van der Waals surface area contributed by atoms with Gasteiger partial charge in [-0.3, -0.25) is 9.59 Å². The summed E-state index contributed by atoms with van der Waals surface area (Å²) in [6.45, 7) is 2.51. The molecule has 0 fully saturated rings. The molecule has 1 atom stereocenters. The molecule has 0 spiro atoms. The first-order valence-corrected chi connectivity index (χ1v) is 6.59. The van der Waals surface area contributed by atoms with Gasteiger partial charge in [-0.1, -0.05) is 18.2 Å². The number of ketones is 1. The third-order valence-corrected chi connectivity index (χ3v) is 3.22. The second kappa shape index (κ2) is 6.36. The van der Waals surface area contributed by atoms with Crippen molar-refractivity contribution in [2.24, 2.45) is 5.92 Å². The highest BCUT2D eigenvalue weighted by Crippen LogP contribution is 2.27. The molecule has 0 N–H and O–H groups in total. The summed E-state index contributed by atoms with van der Waals surface area (Å²) in [5, 5.41) is 0. The quantitative estimate of drug-likeness (QED) is 0.763. The molecule has 1 aliphatic rings. The van der Waals surface area contributed by atoms with E-state index in [0.717, 1.165) is 11.3 Å². The number of ether oxygens (including phenoxy) is 2. The molecule has 0 saturated heterocycles. The highest BCUT2D eigenvalue weighted by Gasteiger charge is 2.25. The first kappa shape index (κ1) is 13.6. The zero-order chi connectivity index (χ0) is 13.7. The fourth-order valence-corrected chi connectivity index (χ4v) is 2.20. The van der Waals surface area contributed by atoms with Crippen LogP contribution in [0, 0.1) is 5.92 Å². The Morgan fingerprint density at radius 2 is 2.11 bits per heavy atom. The Balaban J connectivity index is 1.87. The van der Waals surface area contributed by atoms with Crippen molar-refractivity contribution in [3.63, 3.8) is 0 Å². The van der Waals surface area contributed by atoms with Crippen LogP contribution in [-0.4, -0.2) is 25.0 Å². The Morgan fingerprint density at radius 1 is 1.32 bits per heavy atom. The molecule has 1 unspecified atom stereocenters. The Hall–Kier alpha value is -1.84. The van der Waals surface area contributed by atoms with Crippen molar-refractivity contribution in [2.45, 2.75) is 26.2 Å². The number of fused-ring (bicyclic) bond motifs is 1. The number of Topliss-reactive ketones (excluding diaryl/α,β-unsaturated/α-hetero) is 1. The van der Waals surface area contributed by atoms with E-state index in [4.69, 9.17) is 9.47 Å². The van der Waals surface area contributed by atoms with Gasteiger partial charge in [0.2, 0.25) is 0 Å². The van der Waals surface area contributed by atoms with Crippen LogP contribution in [0.25, 0.3) is 0 Å². The maximum Gasteiger partial charge on any atom is 0.306 e. The van der Waals surface area contributed by atoms with Crippen LogP contribution in [0.15, 0.2) is 24.3 Å². The summed E-state index contributed by atoms with van der Waals surface area (Å²) in [6.07, 6.45) is 1.08. The molecule has 1 aliphatic heterocycles. The Labute approximate surface area is 112 Å². The van der Waals surface area contributed by atoms with Gasteiger partial charge >= 0.3 is 5.97 Å². The number of para-hydroxylation sites is 1. The molecule has 0 amide bonds. The van der Waals surface area contributed by atoms with Gasteiger partial charge in [0.25, 0.3) is 0 Å². The monoisotopic (exact) mass is 262 g/mol. The van der Waals surface area contributed by atoms with Gasteiger partial charge in [0.15, 0.2) is 0 Å².